The van der Waals surface area contributed by atoms with Gasteiger partial charge in [-0.2, -0.15) is 0 Å². The first-order valence-corrected chi connectivity index (χ1v) is 8.36. The van der Waals surface area contributed by atoms with E-state index in [2.05, 4.69) is 21.5 Å². The van der Waals surface area contributed by atoms with E-state index < -0.39 is 0 Å². The van der Waals surface area contributed by atoms with Crippen molar-refractivity contribution in [3.8, 4) is 17.1 Å². The second-order valence-electron chi connectivity index (χ2n) is 5.84. The fraction of sp³-hybridized carbons (Fsp3) is 0.211. The van der Waals surface area contributed by atoms with E-state index in [4.69, 9.17) is 9.72 Å². The molecular formula is C19H18FN5O. The normalized spacial score (nSPS) is 11.2. The lowest BCUT2D eigenvalue weighted by atomic mass is 10.2. The Balaban J connectivity index is 1.79. The number of methoxy groups -OCH3 is 1. The highest BCUT2D eigenvalue weighted by Crippen LogP contribution is 2.30. The molecule has 0 N–H and O–H groups in total. The summed E-state index contributed by atoms with van der Waals surface area (Å²) in [7, 11) is 1.56. The Morgan fingerprint density at radius 1 is 1.15 bits per heavy atom. The van der Waals surface area contributed by atoms with Crippen LogP contribution in [0, 0.1) is 5.82 Å². The van der Waals surface area contributed by atoms with Crippen molar-refractivity contribution in [3.63, 3.8) is 0 Å². The highest BCUT2D eigenvalue weighted by Gasteiger charge is 2.16. The number of pyridine rings is 1. The molecule has 0 aliphatic heterocycles. The van der Waals surface area contributed by atoms with Gasteiger partial charge in [-0.05, 0) is 37.3 Å². The zero-order chi connectivity index (χ0) is 18.1. The monoisotopic (exact) mass is 351 g/mol. The summed E-state index contributed by atoms with van der Waals surface area (Å²) in [4.78, 5) is 13.5. The number of benzene rings is 1. The third-order valence-electron chi connectivity index (χ3n) is 4.33. The van der Waals surface area contributed by atoms with Crippen LogP contribution in [0.3, 0.4) is 0 Å². The van der Waals surface area contributed by atoms with E-state index in [0.29, 0.717) is 23.7 Å². The number of hydrogen-bond donors (Lipinski definition) is 0. The minimum Gasteiger partial charge on any atom is -0.496 e. The number of nitrogens with zero attached hydrogens (tertiary/aromatic N) is 5. The minimum absolute atomic E-state index is 0.333. The lowest BCUT2D eigenvalue weighted by Gasteiger charge is -2.12. The van der Waals surface area contributed by atoms with Crippen LogP contribution in [0.15, 0.2) is 48.9 Å². The topological polar surface area (TPSA) is 57.8 Å². The molecule has 0 amide bonds. The van der Waals surface area contributed by atoms with Gasteiger partial charge in [-0.1, -0.05) is 0 Å². The molecule has 0 atom stereocenters. The van der Waals surface area contributed by atoms with Gasteiger partial charge in [0.05, 0.1) is 19.2 Å². The smallest absolute Gasteiger partial charge is 0.160 e. The van der Waals surface area contributed by atoms with Crippen molar-refractivity contribution in [1.82, 2.24) is 24.1 Å². The molecule has 0 radical (unpaired) electrons. The molecule has 4 rings (SSSR count). The van der Waals surface area contributed by atoms with Gasteiger partial charge in [0.25, 0.3) is 0 Å². The second-order valence-corrected chi connectivity index (χ2v) is 5.84. The molecule has 3 aromatic heterocycles. The van der Waals surface area contributed by atoms with Crippen molar-refractivity contribution < 1.29 is 9.13 Å². The highest BCUT2D eigenvalue weighted by molar-refractivity contribution is 5.71. The summed E-state index contributed by atoms with van der Waals surface area (Å²) in [5, 5.41) is 0. The molecule has 0 aliphatic rings. The highest BCUT2D eigenvalue weighted by atomic mass is 19.1. The largest absolute Gasteiger partial charge is 0.496 e. The number of aromatic nitrogens is 5. The predicted octanol–water partition coefficient (Wildman–Crippen LogP) is 3.51. The molecule has 7 heteroatoms. The SMILES string of the molecule is CCn1c(Cn2ccnc2-c2cc(F)ccc2OC)nc2cccnc21. The zero-order valence-corrected chi connectivity index (χ0v) is 14.6. The van der Waals surface area contributed by atoms with Crippen molar-refractivity contribution in [2.75, 3.05) is 7.11 Å². The average molecular weight is 351 g/mol. The van der Waals surface area contributed by atoms with Gasteiger partial charge in [-0.15, -0.1) is 0 Å². The first-order valence-electron chi connectivity index (χ1n) is 8.36. The summed E-state index contributed by atoms with van der Waals surface area (Å²) in [6, 6.07) is 8.23. The Kier molecular flexibility index (Phi) is 4.12. The van der Waals surface area contributed by atoms with Crippen LogP contribution in [-0.2, 0) is 13.1 Å². The van der Waals surface area contributed by atoms with Gasteiger partial charge >= 0.3 is 0 Å². The van der Waals surface area contributed by atoms with Gasteiger partial charge in [-0.25, -0.2) is 19.3 Å². The van der Waals surface area contributed by atoms with E-state index >= 15 is 0 Å². The maximum absolute atomic E-state index is 13.8. The van der Waals surface area contributed by atoms with Crippen molar-refractivity contribution in [2.45, 2.75) is 20.0 Å². The summed E-state index contributed by atoms with van der Waals surface area (Å²) in [5.41, 5.74) is 2.32. The maximum atomic E-state index is 13.8. The predicted molar refractivity (Wildman–Crippen MR) is 96.5 cm³/mol. The van der Waals surface area contributed by atoms with E-state index in [1.54, 1.807) is 25.6 Å². The molecule has 0 bridgehead atoms. The van der Waals surface area contributed by atoms with Crippen LogP contribution < -0.4 is 4.74 Å². The van der Waals surface area contributed by atoms with Crippen LogP contribution in [0.25, 0.3) is 22.6 Å². The lowest BCUT2D eigenvalue weighted by molar-refractivity contribution is 0.415. The number of fused-ring (bicyclic) bond motifs is 1. The first-order chi connectivity index (χ1) is 12.7. The molecule has 0 unspecified atom stereocenters. The molecule has 132 valence electrons. The maximum Gasteiger partial charge on any atom is 0.160 e. The molecular weight excluding hydrogens is 333 g/mol. The third-order valence-corrected chi connectivity index (χ3v) is 4.33. The van der Waals surface area contributed by atoms with Gasteiger partial charge in [-0.3, -0.25) is 0 Å². The average Bonchev–Trinajstić information content (AvgIpc) is 3.25. The fourth-order valence-corrected chi connectivity index (χ4v) is 3.15. The summed E-state index contributed by atoms with van der Waals surface area (Å²) < 4.78 is 23.2. The standard InChI is InChI=1S/C19H18FN5O/c1-3-25-17(23-15-5-4-8-21-19(15)25)12-24-10-9-22-18(24)14-11-13(20)6-7-16(14)26-2/h4-11H,3,12H2,1-2H3. The number of ether oxygens (including phenoxy) is 1. The minimum atomic E-state index is -0.333. The van der Waals surface area contributed by atoms with Crippen LogP contribution >= 0.6 is 0 Å². The Morgan fingerprint density at radius 2 is 2.04 bits per heavy atom. The molecule has 0 fully saturated rings. The summed E-state index contributed by atoms with van der Waals surface area (Å²) >= 11 is 0. The van der Waals surface area contributed by atoms with E-state index in [1.165, 1.54) is 12.1 Å². The molecule has 0 spiro atoms. The molecule has 26 heavy (non-hydrogen) atoms. The van der Waals surface area contributed by atoms with Gasteiger partial charge in [0.1, 0.15) is 28.7 Å². The van der Waals surface area contributed by atoms with Crippen molar-refractivity contribution >= 4 is 11.2 Å². The van der Waals surface area contributed by atoms with Gasteiger partial charge < -0.3 is 13.9 Å². The molecule has 0 saturated heterocycles. The lowest BCUT2D eigenvalue weighted by Crippen LogP contribution is -2.09. The van der Waals surface area contributed by atoms with Gasteiger partial charge in [0.15, 0.2) is 5.65 Å². The molecule has 0 saturated carbocycles. The van der Waals surface area contributed by atoms with E-state index in [1.807, 2.05) is 22.9 Å². The van der Waals surface area contributed by atoms with Crippen molar-refractivity contribution in [2.24, 2.45) is 0 Å². The fourth-order valence-electron chi connectivity index (χ4n) is 3.15. The molecule has 0 aliphatic carbocycles. The van der Waals surface area contributed by atoms with Gasteiger partial charge in [0, 0.05) is 25.1 Å². The molecule has 3 heterocycles. The van der Waals surface area contributed by atoms with E-state index in [-0.39, 0.29) is 5.82 Å². The number of hydrogen-bond acceptors (Lipinski definition) is 4. The molecule has 4 aromatic rings. The Bertz CT molecular complexity index is 1070. The number of rotatable bonds is 5. The summed E-state index contributed by atoms with van der Waals surface area (Å²) in [5.74, 6) is 1.74. The van der Waals surface area contributed by atoms with Crippen LogP contribution in [0.1, 0.15) is 12.7 Å². The van der Waals surface area contributed by atoms with Crippen LogP contribution in [-0.4, -0.2) is 31.2 Å². The number of aryl methyl sites for hydroxylation is 1. The summed E-state index contributed by atoms with van der Waals surface area (Å²) in [6.07, 6.45) is 5.31. The van der Waals surface area contributed by atoms with E-state index in [9.17, 15) is 4.39 Å². The molecule has 1 aromatic carbocycles. The van der Waals surface area contributed by atoms with E-state index in [0.717, 1.165) is 23.5 Å². The van der Waals surface area contributed by atoms with Crippen molar-refractivity contribution in [3.05, 3.63) is 60.6 Å². The van der Waals surface area contributed by atoms with Gasteiger partial charge in [0.2, 0.25) is 0 Å². The van der Waals surface area contributed by atoms with Crippen LogP contribution in [0.2, 0.25) is 0 Å². The Morgan fingerprint density at radius 3 is 2.85 bits per heavy atom. The zero-order valence-electron chi connectivity index (χ0n) is 14.6. The second kappa shape index (κ2) is 6.59. The number of halogens is 1. The number of imidazole rings is 2. The Hall–Kier alpha value is -3.22. The quantitative estimate of drug-likeness (QED) is 0.552. The third kappa shape index (κ3) is 2.71. The van der Waals surface area contributed by atoms with Crippen LogP contribution in [0.5, 0.6) is 5.75 Å². The molecule has 6 nitrogen and oxygen atoms in total. The Labute approximate surface area is 149 Å². The summed E-state index contributed by atoms with van der Waals surface area (Å²) in [6.45, 7) is 3.32. The van der Waals surface area contributed by atoms with Crippen LogP contribution in [0.4, 0.5) is 4.39 Å². The first kappa shape index (κ1) is 16.3. The van der Waals surface area contributed by atoms with Crippen molar-refractivity contribution in [1.29, 1.82) is 0 Å².